The summed E-state index contributed by atoms with van der Waals surface area (Å²) < 4.78 is 14.6. The van der Waals surface area contributed by atoms with Crippen molar-refractivity contribution in [2.45, 2.75) is 0 Å². The van der Waals surface area contributed by atoms with Gasteiger partial charge in [-0.15, -0.1) is 6.42 Å². The molecule has 8 nitrogen and oxygen atoms in total. The molecule has 0 aromatic heterocycles. The van der Waals surface area contributed by atoms with E-state index in [1.54, 1.807) is 0 Å². The summed E-state index contributed by atoms with van der Waals surface area (Å²) >= 11 is 0. The number of anilines is 1. The molecule has 126 valence electrons. The fraction of sp³-hybridized carbons (Fsp3) is 0.312. The molecule has 1 N–H and O–H groups in total. The van der Waals surface area contributed by atoms with Gasteiger partial charge < -0.3 is 24.4 Å². The van der Waals surface area contributed by atoms with Gasteiger partial charge in [0, 0.05) is 18.7 Å². The number of alkyl carbamates (subject to hydrolysis) is 1. The lowest BCUT2D eigenvalue weighted by molar-refractivity contribution is -0.121. The summed E-state index contributed by atoms with van der Waals surface area (Å²) in [6.07, 6.45) is 4.81. The highest BCUT2D eigenvalue weighted by atomic mass is 16.5. The lowest BCUT2D eigenvalue weighted by atomic mass is 10.0. The number of hydrogen-bond acceptors (Lipinski definition) is 6. The zero-order valence-electron chi connectivity index (χ0n) is 13.3. The number of nitrogens with one attached hydrogen (secondary N) is 1. The molecular formula is C16H16N2O6. The van der Waals surface area contributed by atoms with E-state index < -0.39 is 12.1 Å². The molecule has 0 fully saturated rings. The SMILES string of the molecule is C#Cc1cc2c(cc1C(=O)OC)N(CCNC(=O)OC)C(=O)CO2. The molecule has 0 spiro atoms. The smallest absolute Gasteiger partial charge is 0.406 e. The number of terminal acetylenes is 1. The minimum absolute atomic E-state index is 0.156. The number of carbonyl (C=O) groups excluding carboxylic acids is 3. The van der Waals surface area contributed by atoms with Gasteiger partial charge in [-0.2, -0.15) is 0 Å². The third-order valence-corrected chi connectivity index (χ3v) is 3.39. The van der Waals surface area contributed by atoms with Crippen molar-refractivity contribution in [3.8, 4) is 18.1 Å². The van der Waals surface area contributed by atoms with Gasteiger partial charge in [-0.05, 0) is 12.1 Å². The Kier molecular flexibility index (Phi) is 5.27. The first-order valence-electron chi connectivity index (χ1n) is 6.99. The zero-order valence-corrected chi connectivity index (χ0v) is 13.3. The van der Waals surface area contributed by atoms with Gasteiger partial charge >= 0.3 is 12.1 Å². The van der Waals surface area contributed by atoms with E-state index in [-0.39, 0.29) is 31.2 Å². The Balaban J connectivity index is 2.33. The van der Waals surface area contributed by atoms with Gasteiger partial charge in [0.1, 0.15) is 5.75 Å². The number of carbonyl (C=O) groups is 3. The molecule has 0 aliphatic carbocycles. The van der Waals surface area contributed by atoms with E-state index in [0.717, 1.165) is 0 Å². The van der Waals surface area contributed by atoms with Gasteiger partial charge in [0.2, 0.25) is 0 Å². The fourth-order valence-corrected chi connectivity index (χ4v) is 2.23. The predicted octanol–water partition coefficient (Wildman–Crippen LogP) is 0.536. The van der Waals surface area contributed by atoms with Crippen molar-refractivity contribution in [1.82, 2.24) is 5.32 Å². The first kappa shape index (κ1) is 17.1. The number of nitrogens with zero attached hydrogens (tertiary/aromatic N) is 1. The van der Waals surface area contributed by atoms with Crippen LogP contribution in [0.4, 0.5) is 10.5 Å². The van der Waals surface area contributed by atoms with Gasteiger partial charge in [-0.3, -0.25) is 4.79 Å². The van der Waals surface area contributed by atoms with Crippen molar-refractivity contribution in [3.63, 3.8) is 0 Å². The van der Waals surface area contributed by atoms with Gasteiger partial charge in [0.05, 0.1) is 25.5 Å². The average Bonchev–Trinajstić information content (AvgIpc) is 2.61. The maximum Gasteiger partial charge on any atom is 0.406 e. The number of ether oxygens (including phenoxy) is 3. The molecule has 1 aliphatic heterocycles. The summed E-state index contributed by atoms with van der Waals surface area (Å²) in [4.78, 5) is 36.5. The second-order valence-electron chi connectivity index (χ2n) is 4.75. The average molecular weight is 332 g/mol. The van der Waals surface area contributed by atoms with Crippen molar-refractivity contribution in [3.05, 3.63) is 23.3 Å². The topological polar surface area (TPSA) is 94.2 Å². The number of esters is 1. The molecule has 0 radical (unpaired) electrons. The highest BCUT2D eigenvalue weighted by Gasteiger charge is 2.28. The largest absolute Gasteiger partial charge is 0.482 e. The minimum Gasteiger partial charge on any atom is -0.482 e. The highest BCUT2D eigenvalue weighted by molar-refractivity contribution is 6.01. The molecule has 1 aromatic rings. The number of fused-ring (bicyclic) bond motifs is 1. The second-order valence-corrected chi connectivity index (χ2v) is 4.75. The third kappa shape index (κ3) is 3.41. The summed E-state index contributed by atoms with van der Waals surface area (Å²) in [7, 11) is 2.48. The Morgan fingerprint density at radius 3 is 2.75 bits per heavy atom. The molecule has 0 bridgehead atoms. The van der Waals surface area contributed by atoms with E-state index in [4.69, 9.17) is 15.9 Å². The number of methoxy groups -OCH3 is 2. The Morgan fingerprint density at radius 1 is 1.38 bits per heavy atom. The normalized spacial score (nSPS) is 12.5. The van der Waals surface area contributed by atoms with Crippen LogP contribution in [-0.2, 0) is 14.3 Å². The minimum atomic E-state index is -0.614. The number of hydrogen-bond donors (Lipinski definition) is 1. The molecular weight excluding hydrogens is 316 g/mol. The molecule has 0 saturated heterocycles. The Labute approximate surface area is 138 Å². The first-order valence-corrected chi connectivity index (χ1v) is 6.99. The van der Waals surface area contributed by atoms with E-state index in [9.17, 15) is 14.4 Å². The first-order chi connectivity index (χ1) is 11.5. The molecule has 0 saturated carbocycles. The molecule has 1 aliphatic rings. The zero-order chi connectivity index (χ0) is 17.7. The van der Waals surface area contributed by atoms with Crippen LogP contribution in [-0.4, -0.2) is 51.9 Å². The summed E-state index contributed by atoms with van der Waals surface area (Å²) in [5.41, 5.74) is 0.850. The van der Waals surface area contributed by atoms with Gasteiger partial charge in [0.15, 0.2) is 6.61 Å². The molecule has 1 aromatic carbocycles. The van der Waals surface area contributed by atoms with Crippen LogP contribution in [0.25, 0.3) is 0 Å². The Morgan fingerprint density at radius 2 is 2.12 bits per heavy atom. The number of amides is 2. The van der Waals surface area contributed by atoms with Crippen molar-refractivity contribution in [2.75, 3.05) is 38.8 Å². The number of rotatable bonds is 4. The van der Waals surface area contributed by atoms with Crippen molar-refractivity contribution in [2.24, 2.45) is 0 Å². The van der Waals surface area contributed by atoms with Gasteiger partial charge in [-0.25, -0.2) is 9.59 Å². The van der Waals surface area contributed by atoms with Crippen LogP contribution in [0.3, 0.4) is 0 Å². The maximum absolute atomic E-state index is 12.1. The van der Waals surface area contributed by atoms with E-state index >= 15 is 0 Å². The van der Waals surface area contributed by atoms with Crippen molar-refractivity contribution >= 4 is 23.7 Å². The summed E-state index contributed by atoms with van der Waals surface area (Å²) in [5.74, 6) is 1.86. The van der Waals surface area contributed by atoms with Crippen LogP contribution in [0, 0.1) is 12.3 Å². The summed E-state index contributed by atoms with van der Waals surface area (Å²) in [5, 5.41) is 2.48. The lowest BCUT2D eigenvalue weighted by Gasteiger charge is -2.30. The summed E-state index contributed by atoms with van der Waals surface area (Å²) in [6, 6.07) is 2.96. The standard InChI is InChI=1S/C16H16N2O6/c1-4-10-7-13-12(8-11(10)15(20)22-2)18(14(19)9-24-13)6-5-17-16(21)23-3/h1,7-8H,5-6,9H2,2-3H3,(H,17,21). The Hall–Kier alpha value is -3.21. The van der Waals surface area contributed by atoms with Crippen LogP contribution in [0.2, 0.25) is 0 Å². The monoisotopic (exact) mass is 332 g/mol. The van der Waals surface area contributed by atoms with E-state index in [0.29, 0.717) is 17.0 Å². The van der Waals surface area contributed by atoms with Crippen LogP contribution in [0.1, 0.15) is 15.9 Å². The van der Waals surface area contributed by atoms with E-state index in [2.05, 4.69) is 16.0 Å². The second kappa shape index (κ2) is 7.37. The molecule has 1 heterocycles. The van der Waals surface area contributed by atoms with Crippen LogP contribution in [0.15, 0.2) is 12.1 Å². The quantitative estimate of drug-likeness (QED) is 0.639. The Bertz CT molecular complexity index is 722. The van der Waals surface area contributed by atoms with Crippen LogP contribution in [0.5, 0.6) is 5.75 Å². The van der Waals surface area contributed by atoms with Crippen LogP contribution >= 0.6 is 0 Å². The number of benzene rings is 1. The highest BCUT2D eigenvalue weighted by Crippen LogP contribution is 2.35. The maximum atomic E-state index is 12.1. The molecule has 24 heavy (non-hydrogen) atoms. The van der Waals surface area contributed by atoms with Crippen LogP contribution < -0.4 is 15.0 Å². The van der Waals surface area contributed by atoms with Crippen molar-refractivity contribution < 1.29 is 28.6 Å². The molecule has 2 rings (SSSR count). The lowest BCUT2D eigenvalue weighted by Crippen LogP contribution is -2.43. The fourth-order valence-electron chi connectivity index (χ4n) is 2.23. The van der Waals surface area contributed by atoms with E-state index in [1.807, 2.05) is 0 Å². The predicted molar refractivity (Wildman–Crippen MR) is 84.0 cm³/mol. The third-order valence-electron chi connectivity index (χ3n) is 3.39. The molecule has 2 amide bonds. The molecule has 8 heteroatoms. The van der Waals surface area contributed by atoms with Gasteiger partial charge in [-0.1, -0.05) is 5.92 Å². The van der Waals surface area contributed by atoms with Crippen molar-refractivity contribution in [1.29, 1.82) is 0 Å². The molecule has 0 atom stereocenters. The summed E-state index contributed by atoms with van der Waals surface area (Å²) in [6.45, 7) is 0.190. The van der Waals surface area contributed by atoms with Gasteiger partial charge in [0.25, 0.3) is 5.91 Å². The van der Waals surface area contributed by atoms with E-state index in [1.165, 1.54) is 31.3 Å². The molecule has 0 unspecified atom stereocenters.